The number of hydrogen-bond donors (Lipinski definition) is 0. The summed E-state index contributed by atoms with van der Waals surface area (Å²) in [6, 6.07) is 10.2. The van der Waals surface area contributed by atoms with Gasteiger partial charge < -0.3 is 4.90 Å². The fourth-order valence-corrected chi connectivity index (χ4v) is 5.01. The molecule has 1 fully saturated rings. The van der Waals surface area contributed by atoms with Gasteiger partial charge in [-0.2, -0.15) is 18.4 Å². The first kappa shape index (κ1) is 29.0. The van der Waals surface area contributed by atoms with Gasteiger partial charge in [-0.1, -0.05) is 18.6 Å². The van der Waals surface area contributed by atoms with Crippen molar-refractivity contribution >= 4 is 23.4 Å². The third-order valence-corrected chi connectivity index (χ3v) is 7.29. The lowest BCUT2D eigenvalue weighted by atomic mass is 10.0. The van der Waals surface area contributed by atoms with Crippen LogP contribution in [0.15, 0.2) is 53.6 Å². The Morgan fingerprint density at radius 2 is 1.68 bits per heavy atom. The molecule has 1 saturated heterocycles. The Kier molecular flexibility index (Phi) is 8.69. The molecule has 0 bridgehead atoms. The van der Waals surface area contributed by atoms with Crippen molar-refractivity contribution in [3.8, 4) is 6.07 Å². The quantitative estimate of drug-likeness (QED) is 0.262. The lowest BCUT2D eigenvalue weighted by Gasteiger charge is -2.34. The number of nitriles is 1. The number of nitrogens with zero attached hydrogens (tertiary/aromatic N) is 4. The molecule has 2 aromatic carbocycles. The minimum absolute atomic E-state index is 0.0685. The number of alkyl halides is 3. The number of benzene rings is 2. The van der Waals surface area contributed by atoms with Crippen molar-refractivity contribution in [2.75, 3.05) is 37.6 Å². The fraction of sp³-hybridized carbons (Fsp3) is 0.379. The van der Waals surface area contributed by atoms with Crippen LogP contribution < -0.4 is 4.90 Å². The molecule has 0 unspecified atom stereocenters. The summed E-state index contributed by atoms with van der Waals surface area (Å²) in [5.41, 5.74) is -1.45. The van der Waals surface area contributed by atoms with E-state index in [1.54, 1.807) is 17.0 Å². The summed E-state index contributed by atoms with van der Waals surface area (Å²) >= 11 is 0. The summed E-state index contributed by atoms with van der Waals surface area (Å²) in [7, 11) is 0. The molecular weight excluding hydrogens is 528 g/mol. The lowest BCUT2D eigenvalue weighted by Crippen LogP contribution is -2.49. The van der Waals surface area contributed by atoms with E-state index >= 15 is 0 Å². The van der Waals surface area contributed by atoms with E-state index in [9.17, 15) is 31.9 Å². The van der Waals surface area contributed by atoms with Crippen molar-refractivity contribution in [2.24, 2.45) is 0 Å². The first-order valence-corrected chi connectivity index (χ1v) is 13.0. The Morgan fingerprint density at radius 1 is 0.975 bits per heavy atom. The molecule has 0 atom stereocenters. The normalized spacial score (nSPS) is 16.6. The molecule has 7 nitrogen and oxygen atoms in total. The number of piperazine rings is 1. The molecule has 2 heterocycles. The molecule has 40 heavy (non-hydrogen) atoms. The maximum atomic E-state index is 13.9. The Bertz CT molecular complexity index is 1390. The van der Waals surface area contributed by atoms with Gasteiger partial charge in [-0.15, -0.1) is 0 Å². The summed E-state index contributed by atoms with van der Waals surface area (Å²) in [5.74, 6) is -2.16. The maximum Gasteiger partial charge on any atom is 0.417 e. The Labute approximate surface area is 229 Å². The third kappa shape index (κ3) is 6.07. The van der Waals surface area contributed by atoms with Gasteiger partial charge in [-0.05, 0) is 63.1 Å². The molecule has 0 aliphatic carbocycles. The van der Waals surface area contributed by atoms with Crippen LogP contribution >= 0.6 is 0 Å². The van der Waals surface area contributed by atoms with Crippen LogP contribution in [-0.2, 0) is 15.8 Å². The van der Waals surface area contributed by atoms with E-state index in [0.29, 0.717) is 45.1 Å². The van der Waals surface area contributed by atoms with Gasteiger partial charge in [0.2, 0.25) is 0 Å². The van der Waals surface area contributed by atoms with Gasteiger partial charge in [0.15, 0.2) is 0 Å². The predicted octanol–water partition coefficient (Wildman–Crippen LogP) is 4.92. The van der Waals surface area contributed by atoms with Crippen LogP contribution in [0.4, 0.5) is 23.2 Å². The standard InChI is InChI=1S/C29H28F4N4O3/c1-19-22(28(40)37(26(19)38)21-11-10-20(18-34)24(17-21)29(31,32)33)7-3-2-6-12-35-13-15-36(16-14-35)27(39)23-8-4-5-9-25(23)30/h4-5,8-11,17H,2-3,6-7,12-16H2,1H3. The number of unbranched alkanes of at least 4 members (excludes halogenated alkanes) is 2. The van der Waals surface area contributed by atoms with Crippen LogP contribution in [0.5, 0.6) is 0 Å². The summed E-state index contributed by atoms with van der Waals surface area (Å²) in [6.45, 7) is 4.60. The molecule has 210 valence electrons. The van der Waals surface area contributed by atoms with Gasteiger partial charge >= 0.3 is 6.18 Å². The second-order valence-corrected chi connectivity index (χ2v) is 9.81. The average molecular weight is 557 g/mol. The van der Waals surface area contributed by atoms with Crippen molar-refractivity contribution in [3.63, 3.8) is 0 Å². The van der Waals surface area contributed by atoms with Crippen LogP contribution in [0.3, 0.4) is 0 Å². The number of imide groups is 1. The van der Waals surface area contributed by atoms with Gasteiger partial charge in [-0.25, -0.2) is 9.29 Å². The molecule has 11 heteroatoms. The largest absolute Gasteiger partial charge is 0.417 e. The number of carbonyl (C=O) groups is 3. The Morgan fingerprint density at radius 3 is 2.33 bits per heavy atom. The Hall–Kier alpha value is -4.04. The van der Waals surface area contributed by atoms with E-state index in [-0.39, 0.29) is 28.3 Å². The van der Waals surface area contributed by atoms with Crippen LogP contribution in [0, 0.1) is 17.1 Å². The van der Waals surface area contributed by atoms with E-state index in [1.807, 2.05) is 0 Å². The van der Waals surface area contributed by atoms with Crippen LogP contribution in [0.2, 0.25) is 0 Å². The third-order valence-electron chi connectivity index (χ3n) is 7.29. The molecule has 0 N–H and O–H groups in total. The number of amides is 3. The summed E-state index contributed by atoms with van der Waals surface area (Å²) < 4.78 is 54.1. The average Bonchev–Trinajstić information content (AvgIpc) is 3.15. The summed E-state index contributed by atoms with van der Waals surface area (Å²) in [5, 5.41) is 9.00. The van der Waals surface area contributed by atoms with E-state index in [0.717, 1.165) is 30.4 Å². The zero-order chi connectivity index (χ0) is 29.0. The highest BCUT2D eigenvalue weighted by atomic mass is 19.4. The number of rotatable bonds is 8. The molecule has 0 spiro atoms. The van der Waals surface area contributed by atoms with Crippen molar-refractivity contribution in [3.05, 3.63) is 76.1 Å². The van der Waals surface area contributed by atoms with Crippen molar-refractivity contribution in [2.45, 2.75) is 38.8 Å². The van der Waals surface area contributed by atoms with Crippen molar-refractivity contribution < 1.29 is 31.9 Å². The van der Waals surface area contributed by atoms with Gasteiger partial charge in [0.05, 0.1) is 28.4 Å². The molecule has 4 rings (SSSR count). The van der Waals surface area contributed by atoms with Gasteiger partial charge in [-0.3, -0.25) is 19.3 Å². The number of carbonyl (C=O) groups excluding carboxylic acids is 3. The van der Waals surface area contributed by atoms with Crippen LogP contribution in [0.25, 0.3) is 0 Å². The second kappa shape index (κ2) is 12.0. The molecule has 0 aromatic heterocycles. The molecular formula is C29H28F4N4O3. The fourth-order valence-electron chi connectivity index (χ4n) is 5.01. The zero-order valence-corrected chi connectivity index (χ0v) is 21.9. The minimum Gasteiger partial charge on any atom is -0.336 e. The monoisotopic (exact) mass is 556 g/mol. The Balaban J connectivity index is 1.25. The lowest BCUT2D eigenvalue weighted by molar-refractivity contribution is -0.138. The minimum atomic E-state index is -4.81. The number of halogens is 4. The summed E-state index contributed by atoms with van der Waals surface area (Å²) in [6.07, 6.45) is -2.28. The smallest absolute Gasteiger partial charge is 0.336 e. The molecule has 0 radical (unpaired) electrons. The molecule has 0 saturated carbocycles. The number of anilines is 1. The highest BCUT2D eigenvalue weighted by molar-refractivity contribution is 6.32. The van der Waals surface area contributed by atoms with Gasteiger partial charge in [0, 0.05) is 37.3 Å². The van der Waals surface area contributed by atoms with Crippen molar-refractivity contribution in [1.82, 2.24) is 9.80 Å². The topological polar surface area (TPSA) is 84.7 Å². The van der Waals surface area contributed by atoms with E-state index in [4.69, 9.17) is 5.26 Å². The maximum absolute atomic E-state index is 13.9. The molecule has 2 aromatic rings. The molecule has 3 amide bonds. The van der Waals surface area contributed by atoms with Crippen LogP contribution in [0.1, 0.15) is 54.1 Å². The zero-order valence-electron chi connectivity index (χ0n) is 21.9. The van der Waals surface area contributed by atoms with Crippen molar-refractivity contribution in [1.29, 1.82) is 5.26 Å². The van der Waals surface area contributed by atoms with E-state index < -0.39 is 34.9 Å². The van der Waals surface area contributed by atoms with E-state index in [2.05, 4.69) is 4.90 Å². The highest BCUT2D eigenvalue weighted by Gasteiger charge is 2.39. The van der Waals surface area contributed by atoms with E-state index in [1.165, 1.54) is 31.2 Å². The SMILES string of the molecule is CC1=C(CCCCCN2CCN(C(=O)c3ccccc3F)CC2)C(=O)N(c2ccc(C#N)c(C(F)(F)F)c2)C1=O. The first-order valence-electron chi connectivity index (χ1n) is 13.0. The first-order chi connectivity index (χ1) is 19.0. The van der Waals surface area contributed by atoms with Gasteiger partial charge in [0.1, 0.15) is 5.82 Å². The summed E-state index contributed by atoms with van der Waals surface area (Å²) in [4.78, 5) is 42.9. The molecule has 2 aliphatic heterocycles. The second-order valence-electron chi connectivity index (χ2n) is 9.81. The predicted molar refractivity (Wildman–Crippen MR) is 139 cm³/mol. The number of hydrogen-bond acceptors (Lipinski definition) is 5. The van der Waals surface area contributed by atoms with Crippen LogP contribution in [-0.4, -0.2) is 60.2 Å². The van der Waals surface area contributed by atoms with Gasteiger partial charge in [0.25, 0.3) is 17.7 Å². The highest BCUT2D eigenvalue weighted by Crippen LogP contribution is 2.37. The molecule has 2 aliphatic rings.